The highest BCUT2D eigenvalue weighted by Crippen LogP contribution is 2.31. The number of aromatic nitrogens is 1. The minimum atomic E-state index is -4.45. The number of halogens is 3. The Hall–Kier alpha value is -3.10. The van der Waals surface area contributed by atoms with Gasteiger partial charge in [-0.2, -0.15) is 13.2 Å². The van der Waals surface area contributed by atoms with Crippen molar-refractivity contribution in [1.82, 2.24) is 4.98 Å². The fraction of sp³-hybridized carbons (Fsp3) is 0.235. The van der Waals surface area contributed by atoms with Gasteiger partial charge in [0.25, 0.3) is 5.91 Å². The van der Waals surface area contributed by atoms with Crippen LogP contribution >= 0.6 is 0 Å². The molecule has 26 heavy (non-hydrogen) atoms. The number of hydrogen-bond acceptors (Lipinski definition) is 4. The lowest BCUT2D eigenvalue weighted by molar-refractivity contribution is -0.137. The molecule has 0 saturated carbocycles. The van der Waals surface area contributed by atoms with Gasteiger partial charge in [0, 0.05) is 6.20 Å². The molecule has 1 aromatic carbocycles. The number of carbonyl (C=O) groups excluding carboxylic acids is 2. The van der Waals surface area contributed by atoms with Gasteiger partial charge in [0.15, 0.2) is 11.9 Å². The number of hydrogen-bond donors (Lipinski definition) is 1. The second-order valence-electron chi connectivity index (χ2n) is 5.63. The Bertz CT molecular complexity index is 837. The van der Waals surface area contributed by atoms with Crippen molar-refractivity contribution < 1.29 is 27.5 Å². The van der Waals surface area contributed by atoms with E-state index in [1.807, 2.05) is 0 Å². The molecule has 0 spiro atoms. The fourth-order valence-corrected chi connectivity index (χ4v) is 2.50. The van der Waals surface area contributed by atoms with E-state index in [4.69, 9.17) is 4.74 Å². The third-order valence-corrected chi connectivity index (χ3v) is 3.73. The summed E-state index contributed by atoms with van der Waals surface area (Å²) >= 11 is 0. The number of benzene rings is 1. The minimum Gasteiger partial charge on any atom is -0.481 e. The molecule has 2 aromatic rings. The van der Waals surface area contributed by atoms with Crippen LogP contribution in [0.3, 0.4) is 0 Å². The van der Waals surface area contributed by atoms with Crippen molar-refractivity contribution in [3.63, 3.8) is 0 Å². The number of alkyl halides is 3. The molecule has 0 fully saturated rings. The van der Waals surface area contributed by atoms with Gasteiger partial charge in [-0.25, -0.2) is 4.98 Å². The summed E-state index contributed by atoms with van der Waals surface area (Å²) in [4.78, 5) is 29.7. The number of rotatable bonds is 3. The van der Waals surface area contributed by atoms with Gasteiger partial charge >= 0.3 is 6.18 Å². The zero-order valence-corrected chi connectivity index (χ0v) is 13.6. The molecule has 2 heterocycles. The molecule has 1 atom stereocenters. The van der Waals surface area contributed by atoms with E-state index in [0.717, 1.165) is 24.3 Å². The van der Waals surface area contributed by atoms with E-state index in [-0.39, 0.29) is 18.2 Å². The molecule has 1 aliphatic heterocycles. The number of fused-ring (bicyclic) bond motifs is 1. The van der Waals surface area contributed by atoms with Gasteiger partial charge in [-0.05, 0) is 43.3 Å². The van der Waals surface area contributed by atoms with Crippen LogP contribution in [-0.2, 0) is 15.8 Å². The third-order valence-electron chi connectivity index (χ3n) is 3.73. The molecule has 0 radical (unpaired) electrons. The standard InChI is InChI=1S/C17H14F3N3O3/c1-10(26-12-6-4-11(5-7-12)17(18,19)20)16(25)23-9-14(24)22-13-3-2-8-21-15(13)23/h2-8,10H,9H2,1H3,(H,22,24). The van der Waals surface area contributed by atoms with Crippen LogP contribution in [0.5, 0.6) is 5.75 Å². The van der Waals surface area contributed by atoms with E-state index in [2.05, 4.69) is 10.3 Å². The number of carbonyl (C=O) groups is 2. The molecule has 1 N–H and O–H groups in total. The lowest BCUT2D eigenvalue weighted by Gasteiger charge is -2.29. The Kier molecular flexibility index (Phi) is 4.54. The molecule has 3 rings (SSSR count). The van der Waals surface area contributed by atoms with Gasteiger partial charge < -0.3 is 10.1 Å². The Labute approximate surface area is 146 Å². The lowest BCUT2D eigenvalue weighted by Crippen LogP contribution is -2.47. The lowest BCUT2D eigenvalue weighted by atomic mass is 10.2. The van der Waals surface area contributed by atoms with Crippen LogP contribution in [0, 0.1) is 0 Å². The maximum Gasteiger partial charge on any atom is 0.416 e. The summed E-state index contributed by atoms with van der Waals surface area (Å²) in [5, 5.41) is 2.61. The predicted molar refractivity (Wildman–Crippen MR) is 86.8 cm³/mol. The molecule has 1 aromatic heterocycles. The quantitative estimate of drug-likeness (QED) is 0.908. The van der Waals surface area contributed by atoms with Gasteiger partial charge in [-0.1, -0.05) is 0 Å². The van der Waals surface area contributed by atoms with Crippen LogP contribution in [-0.4, -0.2) is 29.4 Å². The average Bonchev–Trinajstić information content (AvgIpc) is 2.60. The van der Waals surface area contributed by atoms with Crippen LogP contribution in [0.1, 0.15) is 12.5 Å². The first-order chi connectivity index (χ1) is 12.3. The first-order valence-electron chi connectivity index (χ1n) is 7.66. The number of pyridine rings is 1. The predicted octanol–water partition coefficient (Wildman–Crippen LogP) is 2.85. The van der Waals surface area contributed by atoms with Crippen LogP contribution in [0.25, 0.3) is 0 Å². The van der Waals surface area contributed by atoms with Crippen molar-refractivity contribution in [2.24, 2.45) is 0 Å². The van der Waals surface area contributed by atoms with E-state index in [1.54, 1.807) is 12.1 Å². The summed E-state index contributed by atoms with van der Waals surface area (Å²) in [6.45, 7) is 1.23. The first-order valence-corrected chi connectivity index (χ1v) is 7.66. The number of ether oxygens (including phenoxy) is 1. The highest BCUT2D eigenvalue weighted by molar-refractivity contribution is 6.09. The van der Waals surface area contributed by atoms with Gasteiger partial charge in [0.2, 0.25) is 5.91 Å². The molecule has 0 bridgehead atoms. The van der Waals surface area contributed by atoms with Crippen LogP contribution in [0.15, 0.2) is 42.6 Å². The van der Waals surface area contributed by atoms with E-state index >= 15 is 0 Å². The van der Waals surface area contributed by atoms with Gasteiger partial charge in [0.05, 0.1) is 11.3 Å². The molecule has 1 unspecified atom stereocenters. The number of nitrogens with one attached hydrogen (secondary N) is 1. The summed E-state index contributed by atoms with van der Waals surface area (Å²) < 4.78 is 43.2. The Morgan fingerprint density at radius 2 is 1.96 bits per heavy atom. The van der Waals surface area contributed by atoms with Crippen LogP contribution in [0.4, 0.5) is 24.7 Å². The van der Waals surface area contributed by atoms with E-state index in [0.29, 0.717) is 11.5 Å². The highest BCUT2D eigenvalue weighted by Gasteiger charge is 2.32. The van der Waals surface area contributed by atoms with Gasteiger partial charge in [-0.3, -0.25) is 14.5 Å². The molecule has 0 saturated heterocycles. The third kappa shape index (κ3) is 3.61. The van der Waals surface area contributed by atoms with E-state index in [9.17, 15) is 22.8 Å². The molecule has 0 aliphatic carbocycles. The molecule has 1 aliphatic rings. The van der Waals surface area contributed by atoms with Crippen molar-refractivity contribution >= 4 is 23.3 Å². The van der Waals surface area contributed by atoms with Crippen LogP contribution < -0.4 is 15.0 Å². The Morgan fingerprint density at radius 3 is 2.62 bits per heavy atom. The van der Waals surface area contributed by atoms with E-state index in [1.165, 1.54) is 18.0 Å². The summed E-state index contributed by atoms with van der Waals surface area (Å²) in [5.41, 5.74) is -0.409. The minimum absolute atomic E-state index is 0.113. The topological polar surface area (TPSA) is 71.5 Å². The highest BCUT2D eigenvalue weighted by atomic mass is 19.4. The van der Waals surface area contributed by atoms with Crippen molar-refractivity contribution in [2.75, 3.05) is 16.8 Å². The smallest absolute Gasteiger partial charge is 0.416 e. The van der Waals surface area contributed by atoms with Crippen LogP contribution in [0.2, 0.25) is 0 Å². The summed E-state index contributed by atoms with van der Waals surface area (Å²) in [6, 6.07) is 7.26. The molecule has 6 nitrogen and oxygen atoms in total. The van der Waals surface area contributed by atoms with Crippen molar-refractivity contribution in [2.45, 2.75) is 19.2 Å². The largest absolute Gasteiger partial charge is 0.481 e. The van der Waals surface area contributed by atoms with E-state index < -0.39 is 23.8 Å². The molecular formula is C17H14F3N3O3. The zero-order valence-electron chi connectivity index (χ0n) is 13.6. The SMILES string of the molecule is CC(Oc1ccc(C(F)(F)F)cc1)C(=O)N1CC(=O)Nc2cccnc21. The Balaban J connectivity index is 1.75. The number of nitrogens with zero attached hydrogens (tertiary/aromatic N) is 2. The maximum atomic E-state index is 12.6. The number of amides is 2. The van der Waals surface area contributed by atoms with Crippen molar-refractivity contribution in [3.05, 3.63) is 48.2 Å². The molecule has 2 amide bonds. The zero-order chi connectivity index (χ0) is 18.9. The molecule has 9 heteroatoms. The monoisotopic (exact) mass is 365 g/mol. The van der Waals surface area contributed by atoms with Crippen molar-refractivity contribution in [1.29, 1.82) is 0 Å². The normalized spacial score (nSPS) is 15.1. The number of anilines is 2. The maximum absolute atomic E-state index is 12.6. The molecular weight excluding hydrogens is 351 g/mol. The fourth-order valence-electron chi connectivity index (χ4n) is 2.50. The summed E-state index contributed by atoms with van der Waals surface area (Å²) in [7, 11) is 0. The van der Waals surface area contributed by atoms with Gasteiger partial charge in [-0.15, -0.1) is 0 Å². The Morgan fingerprint density at radius 1 is 1.27 bits per heavy atom. The summed E-state index contributed by atoms with van der Waals surface area (Å²) in [6.07, 6.45) is -3.98. The second-order valence-corrected chi connectivity index (χ2v) is 5.63. The molecule has 136 valence electrons. The summed E-state index contributed by atoms with van der Waals surface area (Å²) in [5.74, 6) is -0.498. The van der Waals surface area contributed by atoms with Gasteiger partial charge in [0.1, 0.15) is 12.3 Å². The first kappa shape index (κ1) is 17.7. The second kappa shape index (κ2) is 6.66. The average molecular weight is 365 g/mol. The van der Waals surface area contributed by atoms with Crippen molar-refractivity contribution in [3.8, 4) is 5.75 Å².